The summed E-state index contributed by atoms with van der Waals surface area (Å²) in [6.07, 6.45) is 7.80. The summed E-state index contributed by atoms with van der Waals surface area (Å²) in [5, 5.41) is 0. The third-order valence-corrected chi connectivity index (χ3v) is 1.95. The fourth-order valence-electron chi connectivity index (χ4n) is 1.07. The Balaban J connectivity index is 3.94. The first-order valence-corrected chi connectivity index (χ1v) is 4.77. The SMILES string of the molecule is C=CC(=CC(C)CN)CCCC. The number of hydrogen-bond acceptors (Lipinski definition) is 1. The van der Waals surface area contributed by atoms with E-state index in [1.807, 2.05) is 6.08 Å². The van der Waals surface area contributed by atoms with E-state index in [-0.39, 0.29) is 0 Å². The van der Waals surface area contributed by atoms with Gasteiger partial charge in [-0.05, 0) is 25.3 Å². The van der Waals surface area contributed by atoms with E-state index in [9.17, 15) is 0 Å². The van der Waals surface area contributed by atoms with E-state index in [0.717, 1.165) is 13.0 Å². The van der Waals surface area contributed by atoms with Crippen molar-refractivity contribution in [2.75, 3.05) is 6.54 Å². The topological polar surface area (TPSA) is 26.0 Å². The molecule has 0 saturated heterocycles. The van der Waals surface area contributed by atoms with Crippen LogP contribution in [-0.4, -0.2) is 6.54 Å². The Morgan fingerprint density at radius 3 is 2.67 bits per heavy atom. The Labute approximate surface area is 76.3 Å². The molecule has 0 aliphatic rings. The van der Waals surface area contributed by atoms with Crippen molar-refractivity contribution in [3.63, 3.8) is 0 Å². The van der Waals surface area contributed by atoms with Gasteiger partial charge in [-0.15, -0.1) is 0 Å². The average molecular weight is 167 g/mol. The van der Waals surface area contributed by atoms with Gasteiger partial charge in [0.25, 0.3) is 0 Å². The molecule has 0 fully saturated rings. The summed E-state index contributed by atoms with van der Waals surface area (Å²) in [5.74, 6) is 0.481. The van der Waals surface area contributed by atoms with E-state index < -0.39 is 0 Å². The van der Waals surface area contributed by atoms with Crippen molar-refractivity contribution in [1.29, 1.82) is 0 Å². The number of rotatable bonds is 6. The lowest BCUT2D eigenvalue weighted by Crippen LogP contribution is -2.08. The lowest BCUT2D eigenvalue weighted by atomic mass is 10.0. The Morgan fingerprint density at radius 2 is 2.25 bits per heavy atom. The van der Waals surface area contributed by atoms with E-state index >= 15 is 0 Å². The summed E-state index contributed by atoms with van der Waals surface area (Å²) in [4.78, 5) is 0. The van der Waals surface area contributed by atoms with Crippen molar-refractivity contribution >= 4 is 0 Å². The zero-order chi connectivity index (χ0) is 9.40. The molecular formula is C11H21N. The highest BCUT2D eigenvalue weighted by Gasteiger charge is 1.96. The van der Waals surface area contributed by atoms with Gasteiger partial charge in [0.05, 0.1) is 0 Å². The summed E-state index contributed by atoms with van der Waals surface area (Å²) in [7, 11) is 0. The third kappa shape index (κ3) is 5.14. The van der Waals surface area contributed by atoms with Gasteiger partial charge in [0.15, 0.2) is 0 Å². The van der Waals surface area contributed by atoms with Crippen LogP contribution in [-0.2, 0) is 0 Å². The van der Waals surface area contributed by atoms with Crippen LogP contribution in [0.1, 0.15) is 33.1 Å². The molecule has 0 amide bonds. The minimum atomic E-state index is 0.481. The van der Waals surface area contributed by atoms with E-state index in [1.165, 1.54) is 18.4 Å². The van der Waals surface area contributed by atoms with Crippen LogP contribution in [0.5, 0.6) is 0 Å². The molecule has 0 aliphatic carbocycles. The molecule has 1 unspecified atom stereocenters. The normalized spacial score (nSPS) is 14.4. The fourth-order valence-corrected chi connectivity index (χ4v) is 1.07. The van der Waals surface area contributed by atoms with Gasteiger partial charge in [-0.3, -0.25) is 0 Å². The molecule has 70 valence electrons. The van der Waals surface area contributed by atoms with Crippen LogP contribution in [0.3, 0.4) is 0 Å². The van der Waals surface area contributed by atoms with Crippen molar-refractivity contribution < 1.29 is 0 Å². The van der Waals surface area contributed by atoms with Gasteiger partial charge in [-0.25, -0.2) is 0 Å². The molecule has 0 aliphatic heterocycles. The first-order valence-electron chi connectivity index (χ1n) is 4.77. The first kappa shape index (κ1) is 11.4. The second-order valence-corrected chi connectivity index (χ2v) is 3.26. The second-order valence-electron chi connectivity index (χ2n) is 3.26. The minimum Gasteiger partial charge on any atom is -0.330 e. The van der Waals surface area contributed by atoms with Crippen LogP contribution < -0.4 is 5.73 Å². The van der Waals surface area contributed by atoms with Crippen LogP contribution in [0.25, 0.3) is 0 Å². The minimum absolute atomic E-state index is 0.481. The van der Waals surface area contributed by atoms with E-state index in [1.54, 1.807) is 0 Å². The lowest BCUT2D eigenvalue weighted by molar-refractivity contribution is 0.721. The Kier molecular flexibility index (Phi) is 6.78. The Hall–Kier alpha value is -0.560. The quantitative estimate of drug-likeness (QED) is 0.605. The van der Waals surface area contributed by atoms with Gasteiger partial charge in [0.2, 0.25) is 0 Å². The summed E-state index contributed by atoms with van der Waals surface area (Å²) < 4.78 is 0. The largest absolute Gasteiger partial charge is 0.330 e. The molecule has 2 N–H and O–H groups in total. The van der Waals surface area contributed by atoms with Crippen LogP contribution in [0.15, 0.2) is 24.3 Å². The van der Waals surface area contributed by atoms with Crippen molar-refractivity contribution in [2.45, 2.75) is 33.1 Å². The Bertz CT molecular complexity index is 147. The fraction of sp³-hybridized carbons (Fsp3) is 0.636. The molecule has 0 bridgehead atoms. The van der Waals surface area contributed by atoms with E-state index in [4.69, 9.17) is 5.73 Å². The summed E-state index contributed by atoms with van der Waals surface area (Å²) >= 11 is 0. The van der Waals surface area contributed by atoms with Crippen LogP contribution >= 0.6 is 0 Å². The molecule has 12 heavy (non-hydrogen) atoms. The summed E-state index contributed by atoms with van der Waals surface area (Å²) in [6, 6.07) is 0. The third-order valence-electron chi connectivity index (χ3n) is 1.95. The molecule has 1 heteroatoms. The van der Waals surface area contributed by atoms with Crippen LogP contribution in [0, 0.1) is 5.92 Å². The van der Waals surface area contributed by atoms with Crippen molar-refractivity contribution in [3.05, 3.63) is 24.3 Å². The van der Waals surface area contributed by atoms with Gasteiger partial charge in [-0.1, -0.05) is 44.6 Å². The predicted molar refractivity (Wildman–Crippen MR) is 56.0 cm³/mol. The second kappa shape index (κ2) is 7.11. The summed E-state index contributed by atoms with van der Waals surface area (Å²) in [5.41, 5.74) is 6.87. The number of hydrogen-bond donors (Lipinski definition) is 1. The van der Waals surface area contributed by atoms with Gasteiger partial charge < -0.3 is 5.73 Å². The maximum absolute atomic E-state index is 5.52. The standard InChI is InChI=1S/C11H21N/c1-4-6-7-11(5-2)8-10(3)9-12/h5,8,10H,2,4,6-7,9,12H2,1,3H3. The van der Waals surface area contributed by atoms with Gasteiger partial charge in [0.1, 0.15) is 0 Å². The molecule has 0 aromatic rings. The highest BCUT2D eigenvalue weighted by atomic mass is 14.5. The van der Waals surface area contributed by atoms with Crippen molar-refractivity contribution in [1.82, 2.24) is 0 Å². The zero-order valence-corrected chi connectivity index (χ0v) is 8.34. The molecule has 0 rings (SSSR count). The highest BCUT2D eigenvalue weighted by molar-refractivity contribution is 5.16. The molecule has 0 aromatic heterocycles. The maximum atomic E-state index is 5.52. The molecule has 1 atom stereocenters. The summed E-state index contributed by atoms with van der Waals surface area (Å²) in [6.45, 7) is 8.85. The van der Waals surface area contributed by atoms with Gasteiger partial charge in [-0.2, -0.15) is 0 Å². The predicted octanol–water partition coefficient (Wildman–Crippen LogP) is 2.88. The van der Waals surface area contributed by atoms with E-state index in [0.29, 0.717) is 5.92 Å². The lowest BCUT2D eigenvalue weighted by Gasteiger charge is -2.05. The smallest absolute Gasteiger partial charge is 0.00166 e. The van der Waals surface area contributed by atoms with Gasteiger partial charge in [0, 0.05) is 0 Å². The van der Waals surface area contributed by atoms with Crippen LogP contribution in [0.2, 0.25) is 0 Å². The number of nitrogens with two attached hydrogens (primary N) is 1. The molecule has 0 heterocycles. The van der Waals surface area contributed by atoms with Crippen molar-refractivity contribution in [3.8, 4) is 0 Å². The molecule has 0 saturated carbocycles. The van der Waals surface area contributed by atoms with Gasteiger partial charge >= 0.3 is 0 Å². The first-order chi connectivity index (χ1) is 5.74. The zero-order valence-electron chi connectivity index (χ0n) is 8.34. The molecule has 1 nitrogen and oxygen atoms in total. The van der Waals surface area contributed by atoms with E-state index in [2.05, 4.69) is 26.5 Å². The highest BCUT2D eigenvalue weighted by Crippen LogP contribution is 2.11. The van der Waals surface area contributed by atoms with Crippen molar-refractivity contribution in [2.24, 2.45) is 11.7 Å². The Morgan fingerprint density at radius 1 is 1.58 bits per heavy atom. The number of unbranched alkanes of at least 4 members (excludes halogenated alkanes) is 1. The number of allylic oxidation sites excluding steroid dienone is 2. The molecule has 0 spiro atoms. The molecule has 0 radical (unpaired) electrons. The molecular weight excluding hydrogens is 146 g/mol. The average Bonchev–Trinajstić information content (AvgIpc) is 2.11. The molecule has 0 aromatic carbocycles. The maximum Gasteiger partial charge on any atom is -0.00166 e. The van der Waals surface area contributed by atoms with Crippen LogP contribution in [0.4, 0.5) is 0 Å². The monoisotopic (exact) mass is 167 g/mol.